The number of anilines is 1. The summed E-state index contributed by atoms with van der Waals surface area (Å²) < 4.78 is 17.0. The summed E-state index contributed by atoms with van der Waals surface area (Å²) in [6.07, 6.45) is 0. The maximum atomic E-state index is 14.5. The molecule has 0 saturated carbocycles. The van der Waals surface area contributed by atoms with Gasteiger partial charge in [-0.25, -0.2) is 4.39 Å². The third-order valence-corrected chi connectivity index (χ3v) is 5.15. The standard InChI is InChI=1S/C13H13BrClFN4/c1-5-7(14)8(15)9(16)10-11(5)20-6(2)18-19-12(20)13(3,4)17-10/h17H,1-4H3. The zero-order valence-corrected chi connectivity index (χ0v) is 13.8. The van der Waals surface area contributed by atoms with E-state index in [2.05, 4.69) is 31.4 Å². The monoisotopic (exact) mass is 358 g/mol. The number of aromatic nitrogens is 3. The van der Waals surface area contributed by atoms with Crippen LogP contribution in [0.15, 0.2) is 4.47 Å². The molecule has 0 atom stereocenters. The predicted molar refractivity (Wildman–Crippen MR) is 80.1 cm³/mol. The first-order valence-electron chi connectivity index (χ1n) is 6.13. The molecule has 0 fully saturated rings. The number of hydrogen-bond donors (Lipinski definition) is 1. The van der Waals surface area contributed by atoms with Crippen molar-refractivity contribution in [2.24, 2.45) is 0 Å². The summed E-state index contributed by atoms with van der Waals surface area (Å²) in [6.45, 7) is 7.60. The highest BCUT2D eigenvalue weighted by Gasteiger charge is 2.37. The minimum absolute atomic E-state index is 0.0822. The highest BCUT2D eigenvalue weighted by Crippen LogP contribution is 2.45. The summed E-state index contributed by atoms with van der Waals surface area (Å²) >= 11 is 9.40. The summed E-state index contributed by atoms with van der Waals surface area (Å²) in [5.41, 5.74) is 1.41. The molecule has 1 aliphatic heterocycles. The Morgan fingerprint density at radius 2 is 1.95 bits per heavy atom. The van der Waals surface area contributed by atoms with Gasteiger partial charge in [0.25, 0.3) is 0 Å². The van der Waals surface area contributed by atoms with E-state index >= 15 is 0 Å². The van der Waals surface area contributed by atoms with Crippen LogP contribution in [0, 0.1) is 19.7 Å². The SMILES string of the molecule is Cc1c(Br)c(Cl)c(F)c2c1-n1c(C)nnc1C(C)(C)N2. The van der Waals surface area contributed by atoms with Gasteiger partial charge in [0.1, 0.15) is 5.82 Å². The number of rotatable bonds is 0. The number of nitrogens with zero attached hydrogens (tertiary/aromatic N) is 3. The highest BCUT2D eigenvalue weighted by molar-refractivity contribution is 9.10. The van der Waals surface area contributed by atoms with Crippen molar-refractivity contribution in [2.45, 2.75) is 33.2 Å². The zero-order valence-electron chi connectivity index (χ0n) is 11.5. The van der Waals surface area contributed by atoms with Crippen molar-refractivity contribution < 1.29 is 4.39 Å². The lowest BCUT2D eigenvalue weighted by atomic mass is 9.98. The van der Waals surface area contributed by atoms with Gasteiger partial charge in [0, 0.05) is 4.47 Å². The molecule has 0 saturated heterocycles. The summed E-state index contributed by atoms with van der Waals surface area (Å²) in [4.78, 5) is 0. The molecular weight excluding hydrogens is 347 g/mol. The Bertz CT molecular complexity index is 739. The summed E-state index contributed by atoms with van der Waals surface area (Å²) in [6, 6.07) is 0. The van der Waals surface area contributed by atoms with Crippen molar-refractivity contribution in [1.29, 1.82) is 0 Å². The highest BCUT2D eigenvalue weighted by atomic mass is 79.9. The van der Waals surface area contributed by atoms with Gasteiger partial charge in [-0.15, -0.1) is 10.2 Å². The van der Waals surface area contributed by atoms with E-state index in [1.807, 2.05) is 32.3 Å². The molecule has 0 bridgehead atoms. The van der Waals surface area contributed by atoms with Gasteiger partial charge in [-0.05, 0) is 49.2 Å². The van der Waals surface area contributed by atoms with Crippen molar-refractivity contribution in [3.63, 3.8) is 0 Å². The van der Waals surface area contributed by atoms with E-state index in [0.717, 1.165) is 11.4 Å². The predicted octanol–water partition coefficient (Wildman–Crippen LogP) is 4.10. The molecule has 0 amide bonds. The number of nitrogens with one attached hydrogen (secondary N) is 1. The minimum Gasteiger partial charge on any atom is -0.369 e. The van der Waals surface area contributed by atoms with Gasteiger partial charge in [0.05, 0.1) is 21.9 Å². The normalized spacial score (nSPS) is 15.6. The van der Waals surface area contributed by atoms with Crippen LogP contribution >= 0.6 is 27.5 Å². The van der Waals surface area contributed by atoms with Crippen LogP contribution in [0.4, 0.5) is 10.1 Å². The molecule has 2 heterocycles. The number of hydrogen-bond acceptors (Lipinski definition) is 3. The maximum Gasteiger partial charge on any atom is 0.168 e. The average Bonchev–Trinajstić information content (AvgIpc) is 2.77. The van der Waals surface area contributed by atoms with Gasteiger partial charge in [-0.3, -0.25) is 4.57 Å². The maximum absolute atomic E-state index is 14.5. The van der Waals surface area contributed by atoms with Gasteiger partial charge in [-0.1, -0.05) is 11.6 Å². The van der Waals surface area contributed by atoms with Crippen LogP contribution in [0.1, 0.15) is 31.1 Å². The van der Waals surface area contributed by atoms with Crippen molar-refractivity contribution >= 4 is 33.2 Å². The Balaban J connectivity index is 2.48. The van der Waals surface area contributed by atoms with Gasteiger partial charge in [0.2, 0.25) is 0 Å². The topological polar surface area (TPSA) is 42.7 Å². The third kappa shape index (κ3) is 1.64. The smallest absolute Gasteiger partial charge is 0.168 e. The fraction of sp³-hybridized carbons (Fsp3) is 0.385. The van der Waals surface area contributed by atoms with E-state index in [1.165, 1.54) is 0 Å². The van der Waals surface area contributed by atoms with E-state index < -0.39 is 11.4 Å². The first kappa shape index (κ1) is 13.8. The Kier molecular flexibility index (Phi) is 2.89. The van der Waals surface area contributed by atoms with E-state index in [-0.39, 0.29) is 5.02 Å². The van der Waals surface area contributed by atoms with Crippen LogP contribution < -0.4 is 5.32 Å². The second-order valence-corrected chi connectivity index (χ2v) is 6.62. The summed E-state index contributed by atoms with van der Waals surface area (Å²) in [5.74, 6) is 0.998. The molecule has 3 rings (SSSR count). The molecule has 1 N–H and O–H groups in total. The van der Waals surface area contributed by atoms with Gasteiger partial charge >= 0.3 is 0 Å². The second-order valence-electron chi connectivity index (χ2n) is 5.45. The molecule has 0 radical (unpaired) electrons. The lowest BCUT2D eigenvalue weighted by Gasteiger charge is -2.35. The molecule has 0 unspecified atom stereocenters. The second kappa shape index (κ2) is 4.18. The third-order valence-electron chi connectivity index (χ3n) is 3.57. The van der Waals surface area contributed by atoms with Crippen LogP contribution in [0.5, 0.6) is 0 Å². The van der Waals surface area contributed by atoms with E-state index in [0.29, 0.717) is 21.7 Å². The quantitative estimate of drug-likeness (QED) is 0.720. The molecule has 2 aromatic rings. The first-order valence-corrected chi connectivity index (χ1v) is 7.31. The largest absolute Gasteiger partial charge is 0.369 e. The minimum atomic E-state index is -0.529. The Morgan fingerprint density at radius 1 is 1.30 bits per heavy atom. The molecule has 106 valence electrons. The lowest BCUT2D eigenvalue weighted by Crippen LogP contribution is -2.37. The van der Waals surface area contributed by atoms with Crippen LogP contribution in [-0.4, -0.2) is 14.8 Å². The Labute approximate surface area is 129 Å². The lowest BCUT2D eigenvalue weighted by molar-refractivity contribution is 0.521. The number of benzene rings is 1. The number of halogens is 3. The van der Waals surface area contributed by atoms with Crippen molar-refractivity contribution in [1.82, 2.24) is 14.8 Å². The van der Waals surface area contributed by atoms with Crippen LogP contribution in [0.25, 0.3) is 5.69 Å². The van der Waals surface area contributed by atoms with E-state index in [1.54, 1.807) is 0 Å². The number of fused-ring (bicyclic) bond motifs is 3. The van der Waals surface area contributed by atoms with E-state index in [4.69, 9.17) is 11.6 Å². The molecule has 4 nitrogen and oxygen atoms in total. The van der Waals surface area contributed by atoms with Crippen LogP contribution in [0.3, 0.4) is 0 Å². The van der Waals surface area contributed by atoms with Crippen LogP contribution in [-0.2, 0) is 5.54 Å². The first-order chi connectivity index (χ1) is 9.25. The molecule has 20 heavy (non-hydrogen) atoms. The fourth-order valence-corrected chi connectivity index (χ4v) is 3.16. The van der Waals surface area contributed by atoms with Gasteiger partial charge in [-0.2, -0.15) is 0 Å². The molecular formula is C13H13BrClFN4. The van der Waals surface area contributed by atoms with Crippen LogP contribution in [0.2, 0.25) is 5.02 Å². The van der Waals surface area contributed by atoms with Gasteiger partial charge < -0.3 is 5.32 Å². The van der Waals surface area contributed by atoms with Gasteiger partial charge in [0.15, 0.2) is 11.6 Å². The molecule has 1 aliphatic rings. The molecule has 1 aromatic carbocycles. The molecule has 0 aliphatic carbocycles. The molecule has 1 aromatic heterocycles. The summed E-state index contributed by atoms with van der Waals surface area (Å²) in [7, 11) is 0. The number of aryl methyl sites for hydroxylation is 1. The zero-order chi connectivity index (χ0) is 14.8. The Morgan fingerprint density at radius 3 is 2.60 bits per heavy atom. The van der Waals surface area contributed by atoms with Crippen molar-refractivity contribution in [2.75, 3.05) is 5.32 Å². The summed E-state index contributed by atoms with van der Waals surface area (Å²) in [5, 5.41) is 11.6. The van der Waals surface area contributed by atoms with Crippen molar-refractivity contribution in [3.8, 4) is 5.69 Å². The molecule has 7 heteroatoms. The van der Waals surface area contributed by atoms with E-state index in [9.17, 15) is 4.39 Å². The van der Waals surface area contributed by atoms with Crippen molar-refractivity contribution in [3.05, 3.63) is 32.5 Å². The average molecular weight is 360 g/mol. The fourth-order valence-electron chi connectivity index (χ4n) is 2.56. The molecule has 0 spiro atoms. The Hall–Kier alpha value is -1.14.